The lowest BCUT2D eigenvalue weighted by molar-refractivity contribution is -0.123. The maximum absolute atomic E-state index is 12.4. The van der Waals surface area contributed by atoms with E-state index in [2.05, 4.69) is 41.1 Å². The Morgan fingerprint density at radius 3 is 2.50 bits per heavy atom. The van der Waals surface area contributed by atoms with Crippen LogP contribution in [0.4, 0.5) is 5.69 Å². The predicted octanol–water partition coefficient (Wildman–Crippen LogP) is 5.12. The smallest absolute Gasteiger partial charge is 0.229 e. The molecule has 0 fully saturated rings. The topological polar surface area (TPSA) is 59.8 Å². The van der Waals surface area contributed by atoms with Crippen LogP contribution in [0.1, 0.15) is 57.6 Å². The zero-order valence-corrected chi connectivity index (χ0v) is 17.5. The van der Waals surface area contributed by atoms with Gasteiger partial charge in [-0.1, -0.05) is 64.4 Å². The molecule has 0 aliphatic carbocycles. The molecule has 0 unspecified atom stereocenters. The molecule has 0 aliphatic rings. The van der Waals surface area contributed by atoms with Crippen LogP contribution in [0.15, 0.2) is 36.4 Å². The van der Waals surface area contributed by atoms with E-state index in [4.69, 9.17) is 9.97 Å². The summed E-state index contributed by atoms with van der Waals surface area (Å²) in [5.41, 5.74) is 4.02. The third-order valence-corrected chi connectivity index (χ3v) is 4.86. The van der Waals surface area contributed by atoms with Gasteiger partial charge < -0.3 is 9.88 Å². The molecule has 0 radical (unpaired) electrons. The van der Waals surface area contributed by atoms with Crippen LogP contribution in [-0.2, 0) is 17.8 Å². The molecular formula is C23H30N4O. The Labute approximate surface area is 167 Å². The normalized spacial score (nSPS) is 11.8. The van der Waals surface area contributed by atoms with Gasteiger partial charge in [-0.15, -0.1) is 0 Å². The summed E-state index contributed by atoms with van der Waals surface area (Å²) in [6.45, 7) is 10.6. The lowest BCUT2D eigenvalue weighted by atomic mass is 9.95. The summed E-state index contributed by atoms with van der Waals surface area (Å²) in [5, 5.41) is 3.01. The fourth-order valence-corrected chi connectivity index (χ4v) is 3.08. The number of nitrogens with zero attached hydrogens (tertiary/aromatic N) is 3. The number of anilines is 1. The van der Waals surface area contributed by atoms with Gasteiger partial charge in [-0.3, -0.25) is 4.79 Å². The van der Waals surface area contributed by atoms with Crippen molar-refractivity contribution >= 4 is 22.8 Å². The fourth-order valence-electron chi connectivity index (χ4n) is 3.08. The molecule has 0 aliphatic heterocycles. The quantitative estimate of drug-likeness (QED) is 0.648. The zero-order chi connectivity index (χ0) is 20.3. The van der Waals surface area contributed by atoms with Crippen LogP contribution in [-0.4, -0.2) is 20.4 Å². The van der Waals surface area contributed by atoms with Gasteiger partial charge in [-0.2, -0.15) is 0 Å². The van der Waals surface area contributed by atoms with Gasteiger partial charge in [0.2, 0.25) is 5.91 Å². The summed E-state index contributed by atoms with van der Waals surface area (Å²) in [6, 6.07) is 12.3. The van der Waals surface area contributed by atoms with Gasteiger partial charge in [0.25, 0.3) is 0 Å². The van der Waals surface area contributed by atoms with Crippen molar-refractivity contribution in [3.8, 4) is 0 Å². The van der Waals surface area contributed by atoms with Crippen LogP contribution in [0.25, 0.3) is 11.2 Å². The molecule has 0 saturated carbocycles. The number of aromatic nitrogens is 3. The Morgan fingerprint density at radius 2 is 1.86 bits per heavy atom. The first-order chi connectivity index (χ1) is 13.3. The van der Waals surface area contributed by atoms with Crippen LogP contribution in [0, 0.1) is 12.3 Å². The molecule has 0 atom stereocenters. The lowest BCUT2D eigenvalue weighted by Gasteiger charge is -2.18. The molecule has 3 rings (SSSR count). The predicted molar refractivity (Wildman–Crippen MR) is 115 cm³/mol. The maximum Gasteiger partial charge on any atom is 0.229 e. The van der Waals surface area contributed by atoms with E-state index in [-0.39, 0.29) is 5.91 Å². The first-order valence-corrected chi connectivity index (χ1v) is 10.0. The van der Waals surface area contributed by atoms with Crippen LogP contribution < -0.4 is 5.32 Å². The highest BCUT2D eigenvalue weighted by Gasteiger charge is 2.23. The van der Waals surface area contributed by atoms with Gasteiger partial charge in [-0.05, 0) is 25.0 Å². The van der Waals surface area contributed by atoms with E-state index in [0.29, 0.717) is 0 Å². The molecule has 1 aromatic carbocycles. The zero-order valence-electron chi connectivity index (χ0n) is 17.5. The summed E-state index contributed by atoms with van der Waals surface area (Å²) in [7, 11) is 0. The minimum atomic E-state index is -0.458. The van der Waals surface area contributed by atoms with E-state index in [1.807, 2.05) is 39.8 Å². The number of benzene rings is 1. The van der Waals surface area contributed by atoms with Gasteiger partial charge in [0.15, 0.2) is 5.65 Å². The number of nitrogens with one attached hydrogen (secondary N) is 1. The molecule has 5 nitrogen and oxygen atoms in total. The molecule has 0 bridgehead atoms. The number of imidazole rings is 1. The molecule has 0 saturated heterocycles. The monoisotopic (exact) mass is 378 g/mol. The standard InChI is InChI=1S/C23H30N4O/c1-6-7-13-20-25-19-14-18(26-22(28)23(3,4)5)16(2)24-21(19)27(20)15-17-11-9-8-10-12-17/h8-12,14H,6-7,13,15H2,1-5H3,(H,26,28). The number of carbonyl (C=O) groups excluding carboxylic acids is 1. The van der Waals surface area contributed by atoms with Crippen LogP contribution in [0.3, 0.4) is 0 Å². The SMILES string of the molecule is CCCCc1nc2cc(NC(=O)C(C)(C)C)c(C)nc2n1Cc1ccccc1. The van der Waals surface area contributed by atoms with Crippen molar-refractivity contribution < 1.29 is 4.79 Å². The summed E-state index contributed by atoms with van der Waals surface area (Å²) in [4.78, 5) is 22.1. The van der Waals surface area contributed by atoms with Crippen LogP contribution in [0.2, 0.25) is 0 Å². The first-order valence-electron chi connectivity index (χ1n) is 10.0. The Balaban J connectivity index is 2.03. The Bertz CT molecular complexity index is 968. The van der Waals surface area contributed by atoms with Gasteiger partial charge in [0, 0.05) is 11.8 Å². The van der Waals surface area contributed by atoms with Crippen LogP contribution >= 0.6 is 0 Å². The van der Waals surface area contributed by atoms with E-state index in [1.54, 1.807) is 0 Å². The molecule has 5 heteroatoms. The second-order valence-corrected chi connectivity index (χ2v) is 8.37. The van der Waals surface area contributed by atoms with Crippen molar-refractivity contribution in [1.82, 2.24) is 14.5 Å². The van der Waals surface area contributed by atoms with Crippen molar-refractivity contribution in [1.29, 1.82) is 0 Å². The van der Waals surface area contributed by atoms with Crippen molar-refractivity contribution in [2.45, 2.75) is 60.4 Å². The highest BCUT2D eigenvalue weighted by atomic mass is 16.2. The second kappa shape index (κ2) is 8.13. The summed E-state index contributed by atoms with van der Waals surface area (Å²) in [6.07, 6.45) is 3.13. The molecule has 1 amide bonds. The number of hydrogen-bond acceptors (Lipinski definition) is 3. The molecule has 0 spiro atoms. The van der Waals surface area contributed by atoms with Crippen molar-refractivity contribution in [3.05, 3.63) is 53.5 Å². The third-order valence-electron chi connectivity index (χ3n) is 4.86. The lowest BCUT2D eigenvalue weighted by Crippen LogP contribution is -2.28. The molecule has 28 heavy (non-hydrogen) atoms. The molecule has 1 N–H and O–H groups in total. The van der Waals surface area contributed by atoms with E-state index >= 15 is 0 Å². The van der Waals surface area contributed by atoms with Gasteiger partial charge >= 0.3 is 0 Å². The van der Waals surface area contributed by atoms with Gasteiger partial charge in [0.05, 0.1) is 17.9 Å². The number of pyridine rings is 1. The minimum Gasteiger partial charge on any atom is -0.324 e. The summed E-state index contributed by atoms with van der Waals surface area (Å²) >= 11 is 0. The van der Waals surface area contributed by atoms with Crippen molar-refractivity contribution in [2.75, 3.05) is 5.32 Å². The minimum absolute atomic E-state index is 0.0216. The molecule has 2 heterocycles. The van der Waals surface area contributed by atoms with E-state index in [1.165, 1.54) is 5.56 Å². The van der Waals surface area contributed by atoms with E-state index in [9.17, 15) is 4.79 Å². The first kappa shape index (κ1) is 20.1. The number of amides is 1. The van der Waals surface area contributed by atoms with E-state index in [0.717, 1.165) is 54.2 Å². The van der Waals surface area contributed by atoms with E-state index < -0.39 is 5.41 Å². The number of rotatable bonds is 6. The fraction of sp³-hybridized carbons (Fsp3) is 0.435. The number of fused-ring (bicyclic) bond motifs is 1. The van der Waals surface area contributed by atoms with Gasteiger partial charge in [0.1, 0.15) is 11.3 Å². The number of aryl methyl sites for hydroxylation is 2. The highest BCUT2D eigenvalue weighted by molar-refractivity contribution is 5.96. The summed E-state index contributed by atoms with van der Waals surface area (Å²) < 4.78 is 2.21. The Kier molecular flexibility index (Phi) is 5.82. The molecule has 148 valence electrons. The second-order valence-electron chi connectivity index (χ2n) is 8.37. The Hall–Kier alpha value is -2.69. The molecule has 3 aromatic rings. The largest absolute Gasteiger partial charge is 0.324 e. The highest BCUT2D eigenvalue weighted by Crippen LogP contribution is 2.25. The average Bonchev–Trinajstić information content (AvgIpc) is 2.97. The Morgan fingerprint density at radius 1 is 1.14 bits per heavy atom. The van der Waals surface area contributed by atoms with Crippen molar-refractivity contribution in [2.24, 2.45) is 5.41 Å². The summed E-state index contributed by atoms with van der Waals surface area (Å²) in [5.74, 6) is 1.03. The number of carbonyl (C=O) groups is 1. The molecule has 2 aromatic heterocycles. The van der Waals surface area contributed by atoms with Crippen molar-refractivity contribution in [3.63, 3.8) is 0 Å². The molecular weight excluding hydrogens is 348 g/mol. The maximum atomic E-state index is 12.4. The number of unbranched alkanes of at least 4 members (excludes halogenated alkanes) is 1. The third kappa shape index (κ3) is 4.41. The van der Waals surface area contributed by atoms with Crippen LogP contribution in [0.5, 0.6) is 0 Å². The van der Waals surface area contributed by atoms with Gasteiger partial charge in [-0.25, -0.2) is 9.97 Å². The number of hydrogen-bond donors (Lipinski definition) is 1. The average molecular weight is 379 g/mol.